The van der Waals surface area contributed by atoms with Gasteiger partial charge in [0.25, 0.3) is 0 Å². The summed E-state index contributed by atoms with van der Waals surface area (Å²) in [7, 11) is -3.02. The molecule has 2 heterocycles. The normalized spacial score (nSPS) is 18.5. The van der Waals surface area contributed by atoms with E-state index in [2.05, 4.69) is 15.0 Å². The van der Waals surface area contributed by atoms with Crippen molar-refractivity contribution in [2.75, 3.05) is 6.26 Å². The predicted molar refractivity (Wildman–Crippen MR) is 75.8 cm³/mol. The van der Waals surface area contributed by atoms with Crippen LogP contribution in [0.15, 0.2) is 10.1 Å². The van der Waals surface area contributed by atoms with Gasteiger partial charge in [-0.05, 0) is 30.0 Å². The number of rotatable bonds is 3. The Morgan fingerprint density at radius 3 is 2.38 bits per heavy atom. The topological polar surface area (TPSA) is 65.7 Å². The molecule has 6 nitrogen and oxygen atoms in total. The number of nitrogens with zero attached hydrogens (tertiary/aromatic N) is 3. The lowest BCUT2D eigenvalue weighted by atomic mass is 10.1. The van der Waals surface area contributed by atoms with Gasteiger partial charge in [-0.1, -0.05) is 5.16 Å². The average molecular weight is 377 g/mol. The Kier molecular flexibility index (Phi) is 4.40. The quantitative estimate of drug-likeness (QED) is 0.650. The highest BCUT2D eigenvalue weighted by molar-refractivity contribution is 8.16. The zero-order valence-electron chi connectivity index (χ0n) is 13.2. The van der Waals surface area contributed by atoms with E-state index in [4.69, 9.17) is 4.84 Å². The van der Waals surface area contributed by atoms with Crippen LogP contribution in [0.3, 0.4) is 0 Å². The zero-order chi connectivity index (χ0) is 18.5. The molecule has 1 aromatic heterocycles. The first-order valence-corrected chi connectivity index (χ1v) is 8.84. The highest BCUT2D eigenvalue weighted by Gasteiger charge is 2.46. The second kappa shape index (κ2) is 5.67. The molecule has 0 radical (unpaired) electrons. The number of aromatic nitrogens is 2. The maximum absolute atomic E-state index is 13.2. The Morgan fingerprint density at radius 1 is 1.38 bits per heavy atom. The lowest BCUT2D eigenvalue weighted by Crippen LogP contribution is -2.28. The monoisotopic (exact) mass is 377 g/mol. The van der Waals surface area contributed by atoms with E-state index in [1.54, 1.807) is 13.8 Å². The molecule has 0 unspecified atom stereocenters. The highest BCUT2D eigenvalue weighted by Crippen LogP contribution is 2.43. The second-order valence-corrected chi connectivity index (χ2v) is 8.77. The number of alkyl halides is 5. The van der Waals surface area contributed by atoms with Crippen LogP contribution in [-0.4, -0.2) is 37.5 Å². The third kappa shape index (κ3) is 3.37. The molecule has 0 aromatic carbocycles. The molecule has 0 saturated carbocycles. The largest absolute Gasteiger partial charge is 0.436 e. The van der Waals surface area contributed by atoms with Crippen molar-refractivity contribution >= 4 is 15.0 Å². The molecule has 0 N–H and O–H groups in total. The maximum atomic E-state index is 13.2. The number of thiol groups is 1. The standard InChI is InChI=1S/C12H16F5N3O3S/c1-11(2)5-6(19-23-11)24(4,21)7-8(12(15,16)17)18-20(3)9(7)22-10(13)14/h10,24H,5H2,1-4H3. The van der Waals surface area contributed by atoms with E-state index in [0.717, 1.165) is 13.3 Å². The van der Waals surface area contributed by atoms with Crippen LogP contribution in [0.1, 0.15) is 26.0 Å². The van der Waals surface area contributed by atoms with Crippen molar-refractivity contribution in [3.05, 3.63) is 5.69 Å². The van der Waals surface area contributed by atoms with Crippen molar-refractivity contribution in [3.63, 3.8) is 0 Å². The number of hydrogen-bond acceptors (Lipinski definition) is 5. The van der Waals surface area contributed by atoms with Crippen molar-refractivity contribution in [2.45, 2.75) is 43.6 Å². The van der Waals surface area contributed by atoms with E-state index in [-0.39, 0.29) is 11.5 Å². The number of ether oxygens (including phenoxy) is 1. The molecule has 0 saturated heterocycles. The van der Waals surface area contributed by atoms with E-state index < -0.39 is 44.8 Å². The van der Waals surface area contributed by atoms with Gasteiger partial charge in [0.05, 0.1) is 0 Å². The summed E-state index contributed by atoms with van der Waals surface area (Å²) in [4.78, 5) is 4.10. The number of halogens is 5. The molecular formula is C12H16F5N3O3S. The van der Waals surface area contributed by atoms with E-state index >= 15 is 0 Å². The summed E-state index contributed by atoms with van der Waals surface area (Å²) in [6, 6.07) is 0. The summed E-state index contributed by atoms with van der Waals surface area (Å²) < 4.78 is 82.6. The highest BCUT2D eigenvalue weighted by atomic mass is 32.2. The van der Waals surface area contributed by atoms with E-state index in [1.807, 2.05) is 0 Å². The minimum Gasteiger partial charge on any atom is -0.416 e. The van der Waals surface area contributed by atoms with Gasteiger partial charge in [0.2, 0.25) is 5.88 Å². The molecule has 1 aliphatic rings. The molecule has 1 aromatic rings. The third-order valence-electron chi connectivity index (χ3n) is 3.34. The number of oxime groups is 1. The van der Waals surface area contributed by atoms with Crippen molar-refractivity contribution in [3.8, 4) is 5.88 Å². The number of aryl methyl sites for hydroxylation is 1. The Hall–Kier alpha value is -1.72. The van der Waals surface area contributed by atoms with Crippen LogP contribution in [-0.2, 0) is 28.0 Å². The van der Waals surface area contributed by atoms with Crippen LogP contribution in [0, 0.1) is 0 Å². The van der Waals surface area contributed by atoms with Gasteiger partial charge in [0.1, 0.15) is 15.5 Å². The SMILES string of the molecule is Cn1nc(C(F)(F)F)c([SH](C)(=O)C2=NOC(C)(C)C2)c1OC(F)F. The average Bonchev–Trinajstić information content (AvgIpc) is 2.90. The molecule has 0 spiro atoms. The van der Waals surface area contributed by atoms with Gasteiger partial charge in [-0.25, -0.2) is 4.68 Å². The van der Waals surface area contributed by atoms with Crippen LogP contribution in [0.4, 0.5) is 22.0 Å². The van der Waals surface area contributed by atoms with Crippen molar-refractivity contribution in [1.82, 2.24) is 9.78 Å². The predicted octanol–water partition coefficient (Wildman–Crippen LogP) is 2.56. The Labute approximate surface area is 135 Å². The summed E-state index contributed by atoms with van der Waals surface area (Å²) >= 11 is 0. The molecule has 0 aliphatic carbocycles. The van der Waals surface area contributed by atoms with Gasteiger partial charge in [0.15, 0.2) is 5.69 Å². The van der Waals surface area contributed by atoms with Gasteiger partial charge in [0, 0.05) is 13.5 Å². The molecule has 138 valence electrons. The molecule has 0 fully saturated rings. The van der Waals surface area contributed by atoms with Gasteiger partial charge < -0.3 is 9.57 Å². The Balaban J connectivity index is 2.64. The summed E-state index contributed by atoms with van der Waals surface area (Å²) in [5, 5.41) is 6.62. The van der Waals surface area contributed by atoms with Crippen LogP contribution >= 0.6 is 0 Å². The maximum Gasteiger partial charge on any atom is 0.436 e. The summed E-state index contributed by atoms with van der Waals surface area (Å²) in [5.41, 5.74) is -2.40. The Morgan fingerprint density at radius 2 is 1.96 bits per heavy atom. The molecule has 0 amide bonds. The molecular weight excluding hydrogens is 361 g/mol. The minimum atomic E-state index is -5.00. The molecule has 0 atom stereocenters. The first kappa shape index (κ1) is 18.6. The van der Waals surface area contributed by atoms with Crippen LogP contribution in [0.25, 0.3) is 0 Å². The second-order valence-electron chi connectivity index (χ2n) is 5.96. The number of hydrogen-bond donors (Lipinski definition) is 1. The molecule has 2 rings (SSSR count). The van der Waals surface area contributed by atoms with Crippen molar-refractivity contribution in [2.24, 2.45) is 12.2 Å². The fourth-order valence-corrected chi connectivity index (χ4v) is 4.54. The third-order valence-corrected chi connectivity index (χ3v) is 5.82. The van der Waals surface area contributed by atoms with E-state index in [1.165, 1.54) is 0 Å². The van der Waals surface area contributed by atoms with Gasteiger partial charge in [-0.3, -0.25) is 4.21 Å². The minimum absolute atomic E-state index is 0.0128. The van der Waals surface area contributed by atoms with Crippen molar-refractivity contribution < 1.29 is 35.7 Å². The fraction of sp³-hybridized carbons (Fsp3) is 0.667. The molecule has 1 aliphatic heterocycles. The first-order valence-electron chi connectivity index (χ1n) is 6.68. The summed E-state index contributed by atoms with van der Waals surface area (Å²) in [5.74, 6) is -0.907. The summed E-state index contributed by atoms with van der Waals surface area (Å²) in [6.45, 7) is -0.194. The van der Waals surface area contributed by atoms with Gasteiger partial charge in [-0.15, -0.1) is 0 Å². The van der Waals surface area contributed by atoms with E-state index in [9.17, 15) is 26.2 Å². The van der Waals surface area contributed by atoms with Gasteiger partial charge >= 0.3 is 12.8 Å². The lowest BCUT2D eigenvalue weighted by molar-refractivity contribution is -0.143. The molecule has 0 bridgehead atoms. The van der Waals surface area contributed by atoms with Crippen LogP contribution < -0.4 is 4.74 Å². The fourth-order valence-electron chi connectivity index (χ4n) is 2.27. The Bertz CT molecular complexity index is 726. The zero-order valence-corrected chi connectivity index (χ0v) is 14.1. The first-order chi connectivity index (χ1) is 10.8. The summed E-state index contributed by atoms with van der Waals surface area (Å²) in [6.07, 6.45) is -4.01. The van der Waals surface area contributed by atoms with Crippen LogP contribution in [0.2, 0.25) is 0 Å². The molecule has 24 heavy (non-hydrogen) atoms. The van der Waals surface area contributed by atoms with Crippen molar-refractivity contribution in [1.29, 1.82) is 0 Å². The smallest absolute Gasteiger partial charge is 0.416 e. The molecule has 12 heteroatoms. The van der Waals surface area contributed by atoms with E-state index in [0.29, 0.717) is 4.68 Å². The van der Waals surface area contributed by atoms with Gasteiger partial charge in [-0.2, -0.15) is 27.1 Å². The lowest BCUT2D eigenvalue weighted by Gasteiger charge is -2.21. The van der Waals surface area contributed by atoms with Crippen LogP contribution in [0.5, 0.6) is 5.88 Å².